The third kappa shape index (κ3) is 4.37. The highest BCUT2D eigenvalue weighted by Gasteiger charge is 2.17. The third-order valence-corrected chi connectivity index (χ3v) is 3.60. The molecule has 0 radical (unpaired) electrons. The first kappa shape index (κ1) is 14.5. The van der Waals surface area contributed by atoms with Crippen molar-refractivity contribution >= 4 is 21.5 Å². The molecule has 0 aliphatic carbocycles. The Kier molecular flexibility index (Phi) is 4.01. The van der Waals surface area contributed by atoms with Crippen LogP contribution in [0.4, 0.5) is 10.5 Å². The van der Waals surface area contributed by atoms with E-state index in [0.717, 1.165) is 0 Å². The van der Waals surface area contributed by atoms with Crippen LogP contribution < -0.4 is 5.73 Å². The Balaban J connectivity index is 3.03. The molecule has 1 aromatic rings. The molecule has 0 saturated heterocycles. The summed E-state index contributed by atoms with van der Waals surface area (Å²) in [5.74, 6) is 0. The summed E-state index contributed by atoms with van der Waals surface area (Å²) in [4.78, 5) is 12.0. The van der Waals surface area contributed by atoms with Gasteiger partial charge in [0, 0.05) is 16.8 Å². The molecule has 1 aromatic carbocycles. The molecule has 0 saturated carbocycles. The Morgan fingerprint density at radius 1 is 1.28 bits per heavy atom. The van der Waals surface area contributed by atoms with Gasteiger partial charge in [0.05, 0.1) is 9.73 Å². The fraction of sp³-hybridized carbons (Fsp3) is 0.417. The molecule has 5 nitrogen and oxygen atoms in total. The molecule has 100 valence electrons. The van der Waals surface area contributed by atoms with Crippen LogP contribution >= 0.6 is 0 Å². The van der Waals surface area contributed by atoms with E-state index in [4.69, 9.17) is 10.5 Å². The van der Waals surface area contributed by atoms with Gasteiger partial charge in [-0.15, -0.1) is 4.36 Å². The number of rotatable bonds is 1. The van der Waals surface area contributed by atoms with Crippen molar-refractivity contribution < 1.29 is 13.7 Å². The van der Waals surface area contributed by atoms with E-state index >= 15 is 0 Å². The molecule has 1 rings (SSSR count). The minimum absolute atomic E-state index is 0.447. The van der Waals surface area contributed by atoms with Crippen LogP contribution in [0.3, 0.4) is 0 Å². The largest absolute Gasteiger partial charge is 0.442 e. The summed E-state index contributed by atoms with van der Waals surface area (Å²) in [5.41, 5.74) is 5.45. The lowest BCUT2D eigenvalue weighted by molar-refractivity contribution is 0.0607. The highest BCUT2D eigenvalue weighted by atomic mass is 32.2. The van der Waals surface area contributed by atoms with Gasteiger partial charge in [0.1, 0.15) is 5.60 Å². The summed E-state index contributed by atoms with van der Waals surface area (Å²) < 4.78 is 20.9. The van der Waals surface area contributed by atoms with Crippen molar-refractivity contribution in [3.63, 3.8) is 0 Å². The van der Waals surface area contributed by atoms with Gasteiger partial charge in [-0.25, -0.2) is 9.00 Å². The number of hydrogen-bond donors (Lipinski definition) is 1. The van der Waals surface area contributed by atoms with Crippen LogP contribution in [0.25, 0.3) is 0 Å². The number of hydrogen-bond acceptors (Lipinski definition) is 4. The van der Waals surface area contributed by atoms with E-state index in [2.05, 4.69) is 4.36 Å². The molecule has 0 aliphatic heterocycles. The first-order valence-corrected chi connectivity index (χ1v) is 7.33. The maximum absolute atomic E-state index is 12.3. The van der Waals surface area contributed by atoms with Crippen molar-refractivity contribution in [1.29, 1.82) is 0 Å². The van der Waals surface area contributed by atoms with Crippen molar-refractivity contribution in [2.24, 2.45) is 4.36 Å². The molecule has 2 N–H and O–H groups in total. The maximum Gasteiger partial charge on any atom is 0.442 e. The van der Waals surface area contributed by atoms with Gasteiger partial charge in [0.25, 0.3) is 0 Å². The van der Waals surface area contributed by atoms with E-state index in [1.54, 1.807) is 45.0 Å². The quantitative estimate of drug-likeness (QED) is 0.795. The van der Waals surface area contributed by atoms with Crippen LogP contribution in [0.5, 0.6) is 0 Å². The average molecular weight is 270 g/mol. The molecular formula is C12H18N2O3S. The topological polar surface area (TPSA) is 81.8 Å². The van der Waals surface area contributed by atoms with E-state index < -0.39 is 21.4 Å². The fourth-order valence-corrected chi connectivity index (χ4v) is 2.26. The van der Waals surface area contributed by atoms with Crippen molar-refractivity contribution in [1.82, 2.24) is 0 Å². The van der Waals surface area contributed by atoms with Crippen molar-refractivity contribution in [2.75, 3.05) is 12.0 Å². The molecule has 0 bridgehead atoms. The third-order valence-electron chi connectivity index (χ3n) is 1.96. The molecule has 0 spiro atoms. The van der Waals surface area contributed by atoms with Crippen LogP contribution in [-0.2, 0) is 14.5 Å². The van der Waals surface area contributed by atoms with Gasteiger partial charge in [-0.3, -0.25) is 0 Å². The standard InChI is InChI=1S/C12H18N2O3S/c1-12(2,3)17-11(15)14-18(4,16)10-7-5-9(13)6-8-10/h5-8H,13H2,1-4H3/t18-/m0/s1. The second-order valence-corrected chi connectivity index (χ2v) is 7.20. The Labute approximate surface area is 108 Å². The lowest BCUT2D eigenvalue weighted by Gasteiger charge is -2.17. The SMILES string of the molecule is CC(C)(C)OC(=O)N=[S@@](C)(=O)c1ccc(N)cc1. The number of ether oxygens (including phenoxy) is 1. The Hall–Kier alpha value is -1.56. The Morgan fingerprint density at radius 2 is 1.78 bits per heavy atom. The summed E-state index contributed by atoms with van der Waals surface area (Å²) in [6.07, 6.45) is 0.564. The molecule has 18 heavy (non-hydrogen) atoms. The van der Waals surface area contributed by atoms with Gasteiger partial charge in [-0.2, -0.15) is 0 Å². The van der Waals surface area contributed by atoms with E-state index in [1.165, 1.54) is 6.26 Å². The van der Waals surface area contributed by atoms with Gasteiger partial charge in [-0.05, 0) is 45.0 Å². The molecule has 0 fully saturated rings. The molecule has 1 amide bonds. The zero-order valence-electron chi connectivity index (χ0n) is 11.0. The number of nitrogen functional groups attached to an aromatic ring is 1. The molecule has 1 atom stereocenters. The van der Waals surface area contributed by atoms with Crippen LogP contribution in [-0.4, -0.2) is 22.2 Å². The number of nitrogens with two attached hydrogens (primary N) is 1. The number of nitrogens with zero attached hydrogens (tertiary/aromatic N) is 1. The first-order valence-electron chi connectivity index (χ1n) is 5.41. The summed E-state index contributed by atoms with van der Waals surface area (Å²) in [6, 6.07) is 6.41. The zero-order valence-corrected chi connectivity index (χ0v) is 11.8. The van der Waals surface area contributed by atoms with E-state index in [1.807, 2.05) is 0 Å². The number of benzene rings is 1. The van der Waals surface area contributed by atoms with Crippen molar-refractivity contribution in [3.8, 4) is 0 Å². The monoisotopic (exact) mass is 270 g/mol. The van der Waals surface area contributed by atoms with Crippen LogP contribution in [0, 0.1) is 0 Å². The summed E-state index contributed by atoms with van der Waals surface area (Å²) in [7, 11) is -2.80. The van der Waals surface area contributed by atoms with Crippen LogP contribution in [0.1, 0.15) is 20.8 Å². The number of amides is 1. The lowest BCUT2D eigenvalue weighted by atomic mass is 10.2. The second kappa shape index (κ2) is 4.97. The molecule has 0 aliphatic rings. The molecule has 0 aromatic heterocycles. The molecule has 0 heterocycles. The van der Waals surface area contributed by atoms with Crippen LogP contribution in [0.15, 0.2) is 33.5 Å². The Bertz CT molecular complexity index is 550. The summed E-state index contributed by atoms with van der Waals surface area (Å²) in [5, 5.41) is 0. The minimum Gasteiger partial charge on any atom is -0.442 e. The first-order chi connectivity index (χ1) is 8.10. The van der Waals surface area contributed by atoms with Crippen molar-refractivity contribution in [3.05, 3.63) is 24.3 Å². The van der Waals surface area contributed by atoms with Gasteiger partial charge in [-0.1, -0.05) is 0 Å². The van der Waals surface area contributed by atoms with E-state index in [9.17, 15) is 9.00 Å². The number of anilines is 1. The summed E-state index contributed by atoms with van der Waals surface area (Å²) in [6.45, 7) is 5.17. The van der Waals surface area contributed by atoms with Crippen molar-refractivity contribution in [2.45, 2.75) is 31.3 Å². The predicted molar refractivity (Wildman–Crippen MR) is 71.8 cm³/mol. The zero-order chi connectivity index (χ0) is 14.0. The number of carbonyl (C=O) groups excluding carboxylic acids is 1. The van der Waals surface area contributed by atoms with Gasteiger partial charge < -0.3 is 10.5 Å². The maximum atomic E-state index is 12.3. The van der Waals surface area contributed by atoms with Gasteiger partial charge in [0.15, 0.2) is 0 Å². The van der Waals surface area contributed by atoms with E-state index in [0.29, 0.717) is 10.6 Å². The number of carbonyl (C=O) groups is 1. The van der Waals surface area contributed by atoms with Crippen LogP contribution in [0.2, 0.25) is 0 Å². The second-order valence-electron chi connectivity index (χ2n) is 4.94. The minimum atomic E-state index is -2.80. The molecule has 0 unspecified atom stereocenters. The van der Waals surface area contributed by atoms with E-state index in [-0.39, 0.29) is 0 Å². The molecule has 6 heteroatoms. The predicted octanol–water partition coefficient (Wildman–Crippen LogP) is 2.66. The molecular weight excluding hydrogens is 252 g/mol. The normalized spacial score (nSPS) is 14.7. The average Bonchev–Trinajstić information content (AvgIpc) is 2.13. The highest BCUT2D eigenvalue weighted by molar-refractivity contribution is 7.93. The Morgan fingerprint density at radius 3 is 2.22 bits per heavy atom. The van der Waals surface area contributed by atoms with Gasteiger partial charge in [0.2, 0.25) is 0 Å². The lowest BCUT2D eigenvalue weighted by Crippen LogP contribution is -2.22. The highest BCUT2D eigenvalue weighted by Crippen LogP contribution is 2.15. The fourth-order valence-electron chi connectivity index (χ4n) is 1.20. The smallest absolute Gasteiger partial charge is 0.442 e. The summed E-state index contributed by atoms with van der Waals surface area (Å²) >= 11 is 0. The van der Waals surface area contributed by atoms with Gasteiger partial charge >= 0.3 is 6.09 Å².